The Morgan fingerprint density at radius 2 is 2.28 bits per heavy atom. The van der Waals surface area contributed by atoms with Crippen LogP contribution in [-0.2, 0) is 11.2 Å². The summed E-state index contributed by atoms with van der Waals surface area (Å²) in [6.07, 6.45) is 2.80. The second-order valence-corrected chi connectivity index (χ2v) is 6.64. The minimum Gasteiger partial charge on any atom is -0.481 e. The molecule has 1 fully saturated rings. The van der Waals surface area contributed by atoms with Gasteiger partial charge in [-0.1, -0.05) is 6.92 Å². The van der Waals surface area contributed by atoms with Crippen molar-refractivity contribution in [1.82, 2.24) is 4.98 Å². The number of hydrogen-bond acceptors (Lipinski definition) is 4. The van der Waals surface area contributed by atoms with Gasteiger partial charge in [-0.05, 0) is 32.1 Å². The zero-order valence-corrected chi connectivity index (χ0v) is 11.5. The highest BCUT2D eigenvalue weighted by Gasteiger charge is 2.35. The molecular formula is C13H18N2O2S. The Kier molecular flexibility index (Phi) is 2.81. The molecule has 3 atom stereocenters. The number of hydrogen-bond donors (Lipinski definition) is 1. The summed E-state index contributed by atoms with van der Waals surface area (Å²) in [5.41, 5.74) is 0.828. The smallest absolute Gasteiger partial charge is 0.312 e. The molecule has 0 bridgehead atoms. The number of fused-ring (bicyclic) bond motifs is 1. The lowest BCUT2D eigenvalue weighted by Crippen LogP contribution is -2.26. The van der Waals surface area contributed by atoms with Gasteiger partial charge in [-0.3, -0.25) is 4.79 Å². The molecule has 4 nitrogen and oxygen atoms in total. The quantitative estimate of drug-likeness (QED) is 0.893. The molecule has 1 aliphatic heterocycles. The second kappa shape index (κ2) is 4.23. The Bertz CT molecular complexity index is 485. The fourth-order valence-corrected chi connectivity index (χ4v) is 4.39. The van der Waals surface area contributed by atoms with Crippen LogP contribution in [0.2, 0.25) is 0 Å². The highest BCUT2D eigenvalue weighted by atomic mass is 32.1. The Hall–Kier alpha value is -1.10. The van der Waals surface area contributed by atoms with E-state index in [1.807, 2.05) is 0 Å². The Balaban J connectivity index is 1.88. The van der Waals surface area contributed by atoms with Crippen molar-refractivity contribution in [2.45, 2.75) is 45.1 Å². The third kappa shape index (κ3) is 1.81. The van der Waals surface area contributed by atoms with Gasteiger partial charge in [0, 0.05) is 17.5 Å². The van der Waals surface area contributed by atoms with Crippen LogP contribution in [-0.4, -0.2) is 28.6 Å². The molecular weight excluding hydrogens is 248 g/mol. The monoisotopic (exact) mass is 266 g/mol. The maximum absolute atomic E-state index is 11.2. The van der Waals surface area contributed by atoms with Gasteiger partial charge < -0.3 is 10.0 Å². The first-order chi connectivity index (χ1) is 8.56. The van der Waals surface area contributed by atoms with E-state index < -0.39 is 5.97 Å². The molecule has 2 heterocycles. The molecule has 1 aliphatic carbocycles. The second-order valence-electron chi connectivity index (χ2n) is 5.58. The van der Waals surface area contributed by atoms with E-state index in [-0.39, 0.29) is 5.92 Å². The van der Waals surface area contributed by atoms with Gasteiger partial charge in [-0.15, -0.1) is 11.3 Å². The molecule has 3 rings (SSSR count). The number of anilines is 1. The minimum atomic E-state index is -0.728. The van der Waals surface area contributed by atoms with Gasteiger partial charge in [0.25, 0.3) is 0 Å². The van der Waals surface area contributed by atoms with Crippen LogP contribution in [0.5, 0.6) is 0 Å². The summed E-state index contributed by atoms with van der Waals surface area (Å²) in [7, 11) is 0. The van der Waals surface area contributed by atoms with Crippen molar-refractivity contribution in [3.63, 3.8) is 0 Å². The maximum Gasteiger partial charge on any atom is 0.312 e. The van der Waals surface area contributed by atoms with Gasteiger partial charge in [-0.25, -0.2) is 4.98 Å². The first-order valence-corrected chi connectivity index (χ1v) is 7.37. The summed E-state index contributed by atoms with van der Waals surface area (Å²) in [5.74, 6) is -0.400. The van der Waals surface area contributed by atoms with Crippen LogP contribution in [0.25, 0.3) is 0 Å². The number of thiazole rings is 1. The van der Waals surface area contributed by atoms with Crippen LogP contribution < -0.4 is 4.90 Å². The fraction of sp³-hybridized carbons (Fsp3) is 0.692. The van der Waals surface area contributed by atoms with E-state index in [1.54, 1.807) is 11.3 Å². The van der Waals surface area contributed by atoms with E-state index in [4.69, 9.17) is 0 Å². The number of aliphatic carboxylic acids is 1. The molecule has 1 aromatic rings. The van der Waals surface area contributed by atoms with Crippen molar-refractivity contribution in [2.75, 3.05) is 11.4 Å². The lowest BCUT2D eigenvalue weighted by Gasteiger charge is -2.20. The van der Waals surface area contributed by atoms with E-state index in [0.717, 1.165) is 30.2 Å². The Morgan fingerprint density at radius 1 is 1.50 bits per heavy atom. The maximum atomic E-state index is 11.2. The molecule has 1 N–H and O–H groups in total. The van der Waals surface area contributed by atoms with Gasteiger partial charge in [0.2, 0.25) is 0 Å². The molecule has 3 unspecified atom stereocenters. The van der Waals surface area contributed by atoms with E-state index >= 15 is 0 Å². The summed E-state index contributed by atoms with van der Waals surface area (Å²) in [4.78, 5) is 19.3. The van der Waals surface area contributed by atoms with Crippen molar-refractivity contribution in [3.05, 3.63) is 10.6 Å². The van der Waals surface area contributed by atoms with E-state index in [9.17, 15) is 9.90 Å². The summed E-state index contributed by atoms with van der Waals surface area (Å²) >= 11 is 1.70. The lowest BCUT2D eigenvalue weighted by atomic mass is 10.1. The van der Waals surface area contributed by atoms with E-state index in [2.05, 4.69) is 23.7 Å². The number of carboxylic acids is 1. The average molecular weight is 266 g/mol. The molecule has 1 aromatic heterocycles. The molecule has 1 saturated heterocycles. The summed E-state index contributed by atoms with van der Waals surface area (Å²) in [6.45, 7) is 5.54. The molecule has 0 aromatic carbocycles. The normalized spacial score (nSPS) is 30.8. The minimum absolute atomic E-state index is 0.375. The third-order valence-electron chi connectivity index (χ3n) is 4.03. The third-order valence-corrected chi connectivity index (χ3v) is 5.20. The van der Waals surface area contributed by atoms with E-state index in [0.29, 0.717) is 12.0 Å². The van der Waals surface area contributed by atoms with Crippen LogP contribution in [0.3, 0.4) is 0 Å². The van der Waals surface area contributed by atoms with Crippen molar-refractivity contribution in [3.8, 4) is 0 Å². The summed E-state index contributed by atoms with van der Waals surface area (Å²) in [6, 6.07) is 0.523. The molecule has 0 saturated carbocycles. The molecule has 18 heavy (non-hydrogen) atoms. The van der Waals surface area contributed by atoms with Crippen molar-refractivity contribution in [2.24, 2.45) is 5.92 Å². The molecule has 98 valence electrons. The number of aryl methyl sites for hydroxylation is 1. The highest BCUT2D eigenvalue weighted by molar-refractivity contribution is 7.15. The molecule has 2 aliphatic rings. The Labute approximate surface area is 111 Å². The first-order valence-electron chi connectivity index (χ1n) is 6.55. The van der Waals surface area contributed by atoms with Crippen molar-refractivity contribution in [1.29, 1.82) is 0 Å². The predicted octanol–water partition coefficient (Wildman–Crippen LogP) is 2.49. The number of carbonyl (C=O) groups is 1. The highest BCUT2D eigenvalue weighted by Crippen LogP contribution is 2.41. The SMILES string of the molecule is CC1CC(C)N(c2nc3c(s2)CCC3C(=O)O)C1. The van der Waals surface area contributed by atoms with Gasteiger partial charge in [0.05, 0.1) is 5.69 Å². The largest absolute Gasteiger partial charge is 0.481 e. The zero-order valence-electron chi connectivity index (χ0n) is 10.7. The number of rotatable bonds is 2. The van der Waals surface area contributed by atoms with Crippen LogP contribution in [0.15, 0.2) is 0 Å². The lowest BCUT2D eigenvalue weighted by molar-refractivity contribution is -0.138. The van der Waals surface area contributed by atoms with Crippen molar-refractivity contribution < 1.29 is 9.90 Å². The number of nitrogens with zero attached hydrogens (tertiary/aromatic N) is 2. The van der Waals surface area contributed by atoms with Crippen LogP contribution in [0.4, 0.5) is 5.13 Å². The number of carboxylic acid groups (broad SMARTS) is 1. The van der Waals surface area contributed by atoms with Crippen LogP contribution >= 0.6 is 11.3 Å². The standard InChI is InChI=1S/C13H18N2O2S/c1-7-5-8(2)15(6-7)13-14-11-9(12(16)17)3-4-10(11)18-13/h7-9H,3-6H2,1-2H3,(H,16,17). The van der Waals surface area contributed by atoms with Gasteiger partial charge in [-0.2, -0.15) is 0 Å². The van der Waals surface area contributed by atoms with Gasteiger partial charge >= 0.3 is 5.97 Å². The summed E-state index contributed by atoms with van der Waals surface area (Å²) < 4.78 is 0. The average Bonchev–Trinajstić information content (AvgIpc) is 2.90. The van der Waals surface area contributed by atoms with Gasteiger partial charge in [0.1, 0.15) is 5.92 Å². The van der Waals surface area contributed by atoms with Crippen LogP contribution in [0.1, 0.15) is 43.2 Å². The first kappa shape index (κ1) is 12.0. The van der Waals surface area contributed by atoms with E-state index in [1.165, 1.54) is 11.3 Å². The topological polar surface area (TPSA) is 53.4 Å². The molecule has 0 radical (unpaired) electrons. The molecule has 0 spiro atoms. The molecule has 5 heteroatoms. The predicted molar refractivity (Wildman–Crippen MR) is 71.4 cm³/mol. The number of aromatic nitrogens is 1. The van der Waals surface area contributed by atoms with Crippen molar-refractivity contribution >= 4 is 22.4 Å². The Morgan fingerprint density at radius 3 is 2.89 bits per heavy atom. The summed E-state index contributed by atoms with van der Waals surface area (Å²) in [5, 5.41) is 10.2. The fourth-order valence-electron chi connectivity index (χ4n) is 3.14. The zero-order chi connectivity index (χ0) is 12.9. The van der Waals surface area contributed by atoms with Gasteiger partial charge in [0.15, 0.2) is 5.13 Å². The molecule has 0 amide bonds. The van der Waals surface area contributed by atoms with Crippen LogP contribution in [0, 0.1) is 5.92 Å².